The highest BCUT2D eigenvalue weighted by molar-refractivity contribution is 6.33. The van der Waals surface area contributed by atoms with Gasteiger partial charge in [0.15, 0.2) is 23.1 Å². The predicted octanol–water partition coefficient (Wildman–Crippen LogP) is 5.52. The van der Waals surface area contributed by atoms with E-state index in [1.807, 2.05) is 0 Å². The number of hydrogen-bond acceptors (Lipinski definition) is 6. The van der Waals surface area contributed by atoms with Crippen LogP contribution in [0.25, 0.3) is 33.4 Å². The van der Waals surface area contributed by atoms with Gasteiger partial charge in [-0.2, -0.15) is 0 Å². The molecule has 1 aliphatic heterocycles. The molecule has 1 aliphatic carbocycles. The van der Waals surface area contributed by atoms with Gasteiger partial charge in [-0.15, -0.1) is 0 Å². The van der Waals surface area contributed by atoms with Gasteiger partial charge in [-0.05, 0) is 36.2 Å². The van der Waals surface area contributed by atoms with Crippen LogP contribution in [-0.2, 0) is 9.53 Å². The summed E-state index contributed by atoms with van der Waals surface area (Å²) in [4.78, 5) is 34.2. The largest absolute Gasteiger partial charge is 0.454 e. The van der Waals surface area contributed by atoms with Crippen LogP contribution < -0.4 is 10.2 Å². The summed E-state index contributed by atoms with van der Waals surface area (Å²) < 4.78 is 44.8. The molecule has 168 valence electrons. The minimum Gasteiger partial charge on any atom is -0.454 e. The van der Waals surface area contributed by atoms with Gasteiger partial charge < -0.3 is 13.9 Å². The molecule has 6 nitrogen and oxygen atoms in total. The van der Waals surface area contributed by atoms with Crippen molar-refractivity contribution < 1.29 is 32.3 Å². The predicted molar refractivity (Wildman–Crippen MR) is 117 cm³/mol. The summed E-state index contributed by atoms with van der Waals surface area (Å²) in [7, 11) is 0. The summed E-state index contributed by atoms with van der Waals surface area (Å²) in [6.07, 6.45) is 0.681. The van der Waals surface area contributed by atoms with E-state index in [1.165, 1.54) is 13.0 Å². The maximum Gasteiger partial charge on any atom is 0.305 e. The lowest BCUT2D eigenvalue weighted by molar-refractivity contribution is -0.147. The molecule has 0 unspecified atom stereocenters. The number of fused-ring (bicyclic) bond motifs is 2. The highest BCUT2D eigenvalue weighted by Gasteiger charge is 2.25. The minimum absolute atomic E-state index is 0.0866. The van der Waals surface area contributed by atoms with Gasteiger partial charge in [-0.1, -0.05) is 23.7 Å². The molecule has 0 atom stereocenters. The zero-order chi connectivity index (χ0) is 23.9. The van der Waals surface area contributed by atoms with E-state index in [4.69, 9.17) is 20.8 Å². The first-order valence-corrected chi connectivity index (χ1v) is 9.99. The van der Waals surface area contributed by atoms with Gasteiger partial charge in [0.05, 0.1) is 0 Å². The number of benzene rings is 3. The van der Waals surface area contributed by atoms with Crippen molar-refractivity contribution in [2.24, 2.45) is 0 Å². The summed E-state index contributed by atoms with van der Waals surface area (Å²) in [6.45, 7) is 2.38. The second kappa shape index (κ2) is 8.63. The van der Waals surface area contributed by atoms with Crippen molar-refractivity contribution in [2.45, 2.75) is 13.8 Å². The number of hydrogen-bond donors (Lipinski definition) is 0. The number of aryl methyl sites for hydroxylation is 1. The maximum absolute atomic E-state index is 14.9. The monoisotopic (exact) mass is 472 g/mol. The van der Waals surface area contributed by atoms with Gasteiger partial charge in [0.1, 0.15) is 16.9 Å². The SMILES string of the molecule is CC(=O)OCOc1cc2oc3c(Cl)c(=O)c(F)cc-3c(-c3ccc(C=O)cc3C)c2cc1F. The Labute approximate surface area is 190 Å². The topological polar surface area (TPSA) is 82.8 Å². The van der Waals surface area contributed by atoms with Crippen molar-refractivity contribution in [2.75, 3.05) is 6.79 Å². The Bertz CT molecular complexity index is 1460. The Hall–Kier alpha value is -3.78. The molecule has 33 heavy (non-hydrogen) atoms. The fourth-order valence-corrected chi connectivity index (χ4v) is 3.79. The summed E-state index contributed by atoms with van der Waals surface area (Å²) in [5, 5.41) is -0.224. The van der Waals surface area contributed by atoms with Crippen LogP contribution in [0.1, 0.15) is 22.8 Å². The Morgan fingerprint density at radius 2 is 1.88 bits per heavy atom. The molecule has 0 spiro atoms. The third kappa shape index (κ3) is 4.05. The number of rotatable bonds is 5. The van der Waals surface area contributed by atoms with Crippen LogP contribution in [-0.4, -0.2) is 19.0 Å². The standard InChI is InChI=1S/C24H15ClF2O6/c1-11-5-13(9-28)3-4-14(11)21-15-6-17(26)20(32-10-31-12(2)29)8-19(15)33-24-16(21)7-18(27)23(30)22(24)25/h3-9H,10H2,1-2H3. The molecule has 2 aromatic carbocycles. The van der Waals surface area contributed by atoms with Crippen LogP contribution >= 0.6 is 11.6 Å². The van der Waals surface area contributed by atoms with E-state index in [0.29, 0.717) is 28.5 Å². The maximum atomic E-state index is 14.9. The molecule has 0 fully saturated rings. The molecule has 0 amide bonds. The highest BCUT2D eigenvalue weighted by atomic mass is 35.5. The van der Waals surface area contributed by atoms with Crippen LogP contribution in [0, 0.1) is 18.6 Å². The van der Waals surface area contributed by atoms with Gasteiger partial charge in [-0.3, -0.25) is 14.4 Å². The fourth-order valence-electron chi connectivity index (χ4n) is 3.56. The molecular weight excluding hydrogens is 458 g/mol. The van der Waals surface area contributed by atoms with Crippen LogP contribution in [0.15, 0.2) is 45.6 Å². The molecule has 0 aromatic heterocycles. The molecule has 0 saturated carbocycles. The number of ether oxygens (including phenoxy) is 2. The Kier molecular flexibility index (Phi) is 5.86. The lowest BCUT2D eigenvalue weighted by atomic mass is 9.90. The fraction of sp³-hybridized carbons (Fsp3) is 0.125. The molecule has 2 aliphatic rings. The molecule has 0 radical (unpaired) electrons. The Morgan fingerprint density at radius 3 is 2.55 bits per heavy atom. The van der Waals surface area contributed by atoms with Crippen molar-refractivity contribution in [3.63, 3.8) is 0 Å². The molecule has 9 heteroatoms. The van der Waals surface area contributed by atoms with Crippen LogP contribution in [0.5, 0.6) is 5.75 Å². The number of carbonyl (C=O) groups is 2. The van der Waals surface area contributed by atoms with E-state index >= 15 is 0 Å². The van der Waals surface area contributed by atoms with E-state index in [1.54, 1.807) is 25.1 Å². The molecular formula is C24H15ClF2O6. The summed E-state index contributed by atoms with van der Waals surface area (Å²) in [5.41, 5.74) is 1.17. The lowest BCUT2D eigenvalue weighted by Gasteiger charge is -2.18. The highest BCUT2D eigenvalue weighted by Crippen LogP contribution is 2.44. The number of esters is 1. The molecule has 0 bridgehead atoms. The number of carbonyl (C=O) groups excluding carboxylic acids is 2. The second-order valence-electron chi connectivity index (χ2n) is 7.22. The van der Waals surface area contributed by atoms with E-state index in [0.717, 1.165) is 12.1 Å². The van der Waals surface area contributed by atoms with Crippen molar-refractivity contribution in [1.82, 2.24) is 0 Å². The van der Waals surface area contributed by atoms with Crippen LogP contribution in [0.3, 0.4) is 0 Å². The molecule has 4 rings (SSSR count). The average molecular weight is 473 g/mol. The zero-order valence-corrected chi connectivity index (χ0v) is 18.1. The Balaban J connectivity index is 2.06. The molecule has 1 heterocycles. The summed E-state index contributed by atoms with van der Waals surface area (Å²) in [6, 6.07) is 8.14. The van der Waals surface area contributed by atoms with Gasteiger partial charge in [0.2, 0.25) is 12.2 Å². The van der Waals surface area contributed by atoms with E-state index in [-0.39, 0.29) is 28.0 Å². The third-order valence-corrected chi connectivity index (χ3v) is 5.39. The zero-order valence-electron chi connectivity index (χ0n) is 17.3. The van der Waals surface area contributed by atoms with Gasteiger partial charge in [-0.25, -0.2) is 8.78 Å². The van der Waals surface area contributed by atoms with Crippen molar-refractivity contribution in [1.29, 1.82) is 0 Å². The normalized spacial score (nSPS) is 11.1. The summed E-state index contributed by atoms with van der Waals surface area (Å²) >= 11 is 6.11. The second-order valence-corrected chi connectivity index (χ2v) is 7.60. The first-order chi connectivity index (χ1) is 15.7. The molecule has 0 N–H and O–H groups in total. The molecule has 0 saturated heterocycles. The van der Waals surface area contributed by atoms with Crippen LogP contribution in [0.4, 0.5) is 8.78 Å². The van der Waals surface area contributed by atoms with Crippen molar-refractivity contribution in [3.8, 4) is 28.2 Å². The van der Waals surface area contributed by atoms with Crippen LogP contribution in [0.2, 0.25) is 5.02 Å². The first kappa shape index (κ1) is 22.4. The van der Waals surface area contributed by atoms with Gasteiger partial charge >= 0.3 is 5.97 Å². The van der Waals surface area contributed by atoms with Gasteiger partial charge in [0, 0.05) is 35.1 Å². The average Bonchev–Trinajstić information content (AvgIpc) is 2.77. The van der Waals surface area contributed by atoms with Crippen molar-refractivity contribution >= 4 is 34.8 Å². The van der Waals surface area contributed by atoms with E-state index < -0.39 is 34.8 Å². The van der Waals surface area contributed by atoms with E-state index in [9.17, 15) is 23.2 Å². The number of aldehydes is 1. The minimum atomic E-state index is -1.09. The van der Waals surface area contributed by atoms with Gasteiger partial charge in [0.25, 0.3) is 0 Å². The first-order valence-electron chi connectivity index (χ1n) is 9.61. The quantitative estimate of drug-likeness (QED) is 0.165. The number of halogens is 3. The third-order valence-electron chi connectivity index (χ3n) is 5.05. The summed E-state index contributed by atoms with van der Waals surface area (Å²) in [5.74, 6) is -2.86. The Morgan fingerprint density at radius 1 is 1.12 bits per heavy atom. The van der Waals surface area contributed by atoms with E-state index in [2.05, 4.69) is 4.74 Å². The lowest BCUT2D eigenvalue weighted by Crippen LogP contribution is -2.10. The molecule has 2 aromatic rings. The van der Waals surface area contributed by atoms with Crippen molar-refractivity contribution in [3.05, 3.63) is 74.4 Å². The smallest absolute Gasteiger partial charge is 0.305 e.